The second kappa shape index (κ2) is 7.31. The van der Waals surface area contributed by atoms with E-state index >= 15 is 0 Å². The van der Waals surface area contributed by atoms with E-state index in [4.69, 9.17) is 5.26 Å². The van der Waals surface area contributed by atoms with Crippen LogP contribution in [0.5, 0.6) is 0 Å². The quantitative estimate of drug-likeness (QED) is 0.620. The Morgan fingerprint density at radius 1 is 0.852 bits per heavy atom. The lowest BCUT2D eigenvalue weighted by molar-refractivity contribution is 0.600. The molecule has 2 aromatic carbocycles. The van der Waals surface area contributed by atoms with Crippen LogP contribution >= 0.6 is 11.3 Å². The molecule has 0 saturated carbocycles. The van der Waals surface area contributed by atoms with Crippen molar-refractivity contribution in [3.05, 3.63) is 59.6 Å². The maximum absolute atomic E-state index is 12.4. The zero-order valence-corrected chi connectivity index (χ0v) is 15.8. The Balaban J connectivity index is 1.78. The molecule has 2 N–H and O–H groups in total. The van der Waals surface area contributed by atoms with E-state index in [1.54, 1.807) is 0 Å². The molecule has 1 heterocycles. The first-order chi connectivity index (χ1) is 12.8. The van der Waals surface area contributed by atoms with Crippen LogP contribution < -0.4 is 9.44 Å². The van der Waals surface area contributed by atoms with Gasteiger partial charge in [-0.15, -0.1) is 10.2 Å². The smallest absolute Gasteiger partial charge is 0.263 e. The Hall–Kier alpha value is -3.01. The van der Waals surface area contributed by atoms with Crippen molar-refractivity contribution in [3.8, 4) is 6.07 Å². The number of hydrogen-bond acceptors (Lipinski definition) is 8. The van der Waals surface area contributed by atoms with Crippen molar-refractivity contribution >= 4 is 42.2 Å². The summed E-state index contributed by atoms with van der Waals surface area (Å²) in [5.41, 5.74) is 1.92. The van der Waals surface area contributed by atoms with Gasteiger partial charge in [-0.25, -0.2) is 16.8 Å². The topological polar surface area (TPSA) is 142 Å². The fourth-order valence-electron chi connectivity index (χ4n) is 2.02. The molecule has 0 aliphatic heterocycles. The molecule has 138 valence electrons. The van der Waals surface area contributed by atoms with Gasteiger partial charge in [-0.05, 0) is 48.5 Å². The van der Waals surface area contributed by atoms with Crippen molar-refractivity contribution in [2.45, 2.75) is 9.79 Å². The number of aromatic nitrogens is 2. The molecule has 0 radical (unpaired) electrons. The Labute approximate surface area is 159 Å². The summed E-state index contributed by atoms with van der Waals surface area (Å²) >= 11 is 1.03. The monoisotopic (exact) mass is 421 g/mol. The van der Waals surface area contributed by atoms with Gasteiger partial charge in [0.1, 0.15) is 5.51 Å². The van der Waals surface area contributed by atoms with Gasteiger partial charge in [-0.1, -0.05) is 11.3 Å². The third kappa shape index (κ3) is 4.40. The molecule has 0 unspecified atom stereocenters. The maximum Gasteiger partial charge on any atom is 0.263 e. The Bertz CT molecular complexity index is 1180. The van der Waals surface area contributed by atoms with Crippen molar-refractivity contribution in [2.75, 3.05) is 9.44 Å². The van der Waals surface area contributed by atoms with Crippen LogP contribution in [0.2, 0.25) is 0 Å². The summed E-state index contributed by atoms with van der Waals surface area (Å²) in [4.78, 5) is -0.0739. The summed E-state index contributed by atoms with van der Waals surface area (Å²) in [6, 6.07) is 12.5. The predicted molar refractivity (Wildman–Crippen MR) is 99.1 cm³/mol. The second-order valence-corrected chi connectivity index (χ2v) is 9.31. The van der Waals surface area contributed by atoms with Crippen LogP contribution in [0.4, 0.5) is 10.8 Å². The van der Waals surface area contributed by atoms with E-state index < -0.39 is 20.0 Å². The van der Waals surface area contributed by atoms with Gasteiger partial charge in [0.25, 0.3) is 20.0 Å². The van der Waals surface area contributed by atoms with Gasteiger partial charge in [0.15, 0.2) is 0 Å². The maximum atomic E-state index is 12.4. The zero-order valence-electron chi connectivity index (χ0n) is 13.4. The highest BCUT2D eigenvalue weighted by Gasteiger charge is 2.17. The predicted octanol–water partition coefficient (Wildman–Crippen LogP) is 2.01. The molecule has 3 rings (SSSR count). The minimum Gasteiger partial charge on any atom is -0.280 e. The van der Waals surface area contributed by atoms with Gasteiger partial charge in [-0.3, -0.25) is 9.44 Å². The van der Waals surface area contributed by atoms with Crippen molar-refractivity contribution < 1.29 is 16.8 Å². The minimum absolute atomic E-state index is 0.0175. The van der Waals surface area contributed by atoms with Gasteiger partial charge in [0.05, 0.1) is 21.4 Å². The number of hydrogen-bond donors (Lipinski definition) is 2. The number of nitrogens with one attached hydrogen (secondary N) is 2. The molecule has 9 nitrogen and oxygen atoms in total. The molecule has 27 heavy (non-hydrogen) atoms. The highest BCUT2D eigenvalue weighted by Crippen LogP contribution is 2.21. The molecule has 0 fully saturated rings. The summed E-state index contributed by atoms with van der Waals surface area (Å²) < 4.78 is 53.8. The fraction of sp³-hybridized carbons (Fsp3) is 0. The number of nitrogens with zero attached hydrogens (tertiary/aromatic N) is 3. The SMILES string of the molecule is N#Cc1ccc(S(=O)(=O)Nc2ccc(S(=O)(=O)Nc3nncs3)cc2)cc1. The van der Waals surface area contributed by atoms with E-state index in [2.05, 4.69) is 19.6 Å². The largest absolute Gasteiger partial charge is 0.280 e. The summed E-state index contributed by atoms with van der Waals surface area (Å²) in [5, 5.41) is 16.0. The summed E-state index contributed by atoms with van der Waals surface area (Å²) in [5.74, 6) is 0. The van der Waals surface area contributed by atoms with Gasteiger partial charge in [0.2, 0.25) is 5.13 Å². The summed E-state index contributed by atoms with van der Waals surface area (Å²) in [6.07, 6.45) is 0. The molecule has 1 aromatic heterocycles. The van der Waals surface area contributed by atoms with E-state index in [9.17, 15) is 16.8 Å². The van der Waals surface area contributed by atoms with Crippen molar-refractivity contribution in [1.82, 2.24) is 10.2 Å². The lowest BCUT2D eigenvalue weighted by Gasteiger charge is -2.09. The van der Waals surface area contributed by atoms with E-state index in [0.29, 0.717) is 5.56 Å². The zero-order chi connectivity index (χ0) is 19.5. The highest BCUT2D eigenvalue weighted by molar-refractivity contribution is 7.93. The van der Waals surface area contributed by atoms with E-state index in [1.165, 1.54) is 54.0 Å². The standard InChI is InChI=1S/C15H11N5O4S3/c16-9-11-1-5-13(6-2-11)26(21,22)19-12-3-7-14(8-4-12)27(23,24)20-15-18-17-10-25-15/h1-8,10,19H,(H,18,20). The first-order valence-electron chi connectivity index (χ1n) is 7.22. The summed E-state index contributed by atoms with van der Waals surface area (Å²) in [6.45, 7) is 0. The highest BCUT2D eigenvalue weighted by atomic mass is 32.2. The first kappa shape index (κ1) is 18.8. The number of rotatable bonds is 6. The van der Waals surface area contributed by atoms with Crippen LogP contribution in [0, 0.1) is 11.3 Å². The summed E-state index contributed by atoms with van der Waals surface area (Å²) in [7, 11) is -7.72. The van der Waals surface area contributed by atoms with Crippen LogP contribution in [0.1, 0.15) is 5.56 Å². The van der Waals surface area contributed by atoms with Crippen LogP contribution in [0.15, 0.2) is 63.8 Å². The van der Waals surface area contributed by atoms with E-state index in [1.807, 2.05) is 6.07 Å². The molecule has 0 atom stereocenters. The fourth-order valence-corrected chi connectivity index (χ4v) is 4.77. The average molecular weight is 421 g/mol. The van der Waals surface area contributed by atoms with Gasteiger partial charge >= 0.3 is 0 Å². The van der Waals surface area contributed by atoms with Crippen LogP contribution in [0.25, 0.3) is 0 Å². The van der Waals surface area contributed by atoms with Crippen molar-refractivity contribution in [3.63, 3.8) is 0 Å². The molecular weight excluding hydrogens is 410 g/mol. The molecule has 0 saturated heterocycles. The van der Waals surface area contributed by atoms with Gasteiger partial charge in [0, 0.05) is 5.69 Å². The number of anilines is 2. The van der Waals surface area contributed by atoms with Crippen LogP contribution in [-0.2, 0) is 20.0 Å². The average Bonchev–Trinajstić information content (AvgIpc) is 3.14. The lowest BCUT2D eigenvalue weighted by atomic mass is 10.2. The molecular formula is C15H11N5O4S3. The molecule has 0 bridgehead atoms. The Kier molecular flexibility index (Phi) is 5.08. The lowest BCUT2D eigenvalue weighted by Crippen LogP contribution is -2.14. The normalized spacial score (nSPS) is 11.5. The van der Waals surface area contributed by atoms with Crippen molar-refractivity contribution in [2.24, 2.45) is 0 Å². The molecule has 0 aliphatic carbocycles. The first-order valence-corrected chi connectivity index (χ1v) is 11.1. The van der Waals surface area contributed by atoms with E-state index in [0.717, 1.165) is 11.3 Å². The molecule has 0 spiro atoms. The third-order valence-corrected chi connectivity index (χ3v) is 6.78. The second-order valence-electron chi connectivity index (χ2n) is 5.12. The van der Waals surface area contributed by atoms with Crippen LogP contribution in [-0.4, -0.2) is 27.0 Å². The third-order valence-electron chi connectivity index (χ3n) is 3.29. The molecule has 12 heteroatoms. The van der Waals surface area contributed by atoms with Gasteiger partial charge < -0.3 is 0 Å². The minimum atomic E-state index is -3.87. The number of benzene rings is 2. The van der Waals surface area contributed by atoms with Crippen molar-refractivity contribution in [1.29, 1.82) is 5.26 Å². The number of nitriles is 1. The number of sulfonamides is 2. The molecule has 0 aliphatic rings. The molecule has 0 amide bonds. The van der Waals surface area contributed by atoms with Gasteiger partial charge in [-0.2, -0.15) is 5.26 Å². The van der Waals surface area contributed by atoms with Crippen LogP contribution in [0.3, 0.4) is 0 Å². The Morgan fingerprint density at radius 3 is 1.93 bits per heavy atom. The van der Waals surface area contributed by atoms with E-state index in [-0.39, 0.29) is 20.6 Å². The Morgan fingerprint density at radius 2 is 1.41 bits per heavy atom. The molecule has 3 aromatic rings.